The summed E-state index contributed by atoms with van der Waals surface area (Å²) in [6, 6.07) is 9.14. The lowest BCUT2D eigenvalue weighted by molar-refractivity contribution is -0.114. The topological polar surface area (TPSA) is 62.3 Å². The first kappa shape index (κ1) is 16.9. The second kappa shape index (κ2) is 7.30. The van der Waals surface area contributed by atoms with Gasteiger partial charge >= 0.3 is 0 Å². The highest BCUT2D eigenvalue weighted by Gasteiger charge is 2.22. The summed E-state index contributed by atoms with van der Waals surface area (Å²) in [7, 11) is 0. The molecule has 0 bridgehead atoms. The number of anilines is 1. The zero-order valence-electron chi connectivity index (χ0n) is 14.2. The Morgan fingerprint density at radius 1 is 1.36 bits per heavy atom. The number of fused-ring (bicyclic) bond motifs is 1. The smallest absolute Gasteiger partial charge is 0.251 e. The van der Waals surface area contributed by atoms with Crippen LogP contribution < -0.4 is 10.2 Å². The summed E-state index contributed by atoms with van der Waals surface area (Å²) in [6.07, 6.45) is 6.51. The van der Waals surface area contributed by atoms with Gasteiger partial charge in [-0.1, -0.05) is 12.6 Å². The molecule has 2 amide bonds. The van der Waals surface area contributed by atoms with E-state index in [1.165, 1.54) is 6.08 Å². The van der Waals surface area contributed by atoms with Crippen LogP contribution in [0.2, 0.25) is 0 Å². The van der Waals surface area contributed by atoms with E-state index in [4.69, 9.17) is 0 Å². The van der Waals surface area contributed by atoms with Gasteiger partial charge in [-0.2, -0.15) is 0 Å². The molecule has 25 heavy (non-hydrogen) atoms. The minimum atomic E-state index is -0.133. The maximum absolute atomic E-state index is 12.6. The molecule has 0 unspecified atom stereocenters. The molecule has 0 spiro atoms. The molecule has 3 rings (SSSR count). The van der Waals surface area contributed by atoms with E-state index in [0.717, 1.165) is 29.7 Å². The van der Waals surface area contributed by atoms with Crippen molar-refractivity contribution in [1.82, 2.24) is 10.3 Å². The average molecular weight is 335 g/mol. The fourth-order valence-electron chi connectivity index (χ4n) is 3.07. The number of aryl methyl sites for hydroxylation is 1. The minimum absolute atomic E-state index is 0.108. The number of carbonyl (C=O) groups excluding carboxylic acids is 2. The maximum atomic E-state index is 12.6. The summed E-state index contributed by atoms with van der Waals surface area (Å²) in [5, 5.41) is 2.99. The van der Waals surface area contributed by atoms with Gasteiger partial charge in [0.05, 0.1) is 6.04 Å². The maximum Gasteiger partial charge on any atom is 0.251 e. The van der Waals surface area contributed by atoms with Crippen LogP contribution in [0.3, 0.4) is 0 Å². The number of rotatable bonds is 4. The Balaban J connectivity index is 1.78. The van der Waals surface area contributed by atoms with Crippen molar-refractivity contribution in [2.75, 3.05) is 11.4 Å². The fraction of sp³-hybridized carbons (Fsp3) is 0.250. The van der Waals surface area contributed by atoms with E-state index in [-0.39, 0.29) is 17.9 Å². The van der Waals surface area contributed by atoms with Crippen molar-refractivity contribution in [3.8, 4) is 0 Å². The van der Waals surface area contributed by atoms with E-state index in [2.05, 4.69) is 16.9 Å². The largest absolute Gasteiger partial charge is 0.345 e. The van der Waals surface area contributed by atoms with E-state index < -0.39 is 0 Å². The van der Waals surface area contributed by atoms with E-state index in [9.17, 15) is 9.59 Å². The number of amides is 2. The van der Waals surface area contributed by atoms with Gasteiger partial charge in [0.1, 0.15) is 0 Å². The molecule has 2 heterocycles. The molecule has 0 aliphatic carbocycles. The van der Waals surface area contributed by atoms with E-state index in [1.54, 1.807) is 23.4 Å². The zero-order chi connectivity index (χ0) is 17.8. The van der Waals surface area contributed by atoms with Crippen molar-refractivity contribution in [1.29, 1.82) is 0 Å². The average Bonchev–Trinajstić information content (AvgIpc) is 2.67. The fourth-order valence-corrected chi connectivity index (χ4v) is 3.07. The monoisotopic (exact) mass is 335 g/mol. The van der Waals surface area contributed by atoms with Gasteiger partial charge in [-0.15, -0.1) is 0 Å². The summed E-state index contributed by atoms with van der Waals surface area (Å²) in [5.74, 6) is -0.241. The molecule has 1 aromatic heterocycles. The van der Waals surface area contributed by atoms with Crippen LogP contribution in [0, 0.1) is 0 Å². The highest BCUT2D eigenvalue weighted by molar-refractivity contribution is 6.02. The lowest BCUT2D eigenvalue weighted by atomic mass is 9.98. The molecule has 0 fully saturated rings. The molecule has 0 radical (unpaired) electrons. The molecular weight excluding hydrogens is 314 g/mol. The molecule has 2 aromatic rings. The Labute approximate surface area is 147 Å². The van der Waals surface area contributed by atoms with Crippen LogP contribution in [0.15, 0.2) is 55.4 Å². The van der Waals surface area contributed by atoms with Gasteiger partial charge in [0.25, 0.3) is 5.91 Å². The van der Waals surface area contributed by atoms with E-state index in [0.29, 0.717) is 12.1 Å². The predicted octanol–water partition coefficient (Wildman–Crippen LogP) is 3.04. The first-order valence-corrected chi connectivity index (χ1v) is 8.38. The Morgan fingerprint density at radius 3 is 2.92 bits per heavy atom. The Kier molecular flexibility index (Phi) is 4.93. The number of hydrogen-bond acceptors (Lipinski definition) is 3. The molecule has 0 saturated heterocycles. The standard InChI is InChI=1S/C20H21N3O2/c1-3-19(24)23-11-5-7-15-12-16(8-9-18(15)23)20(25)22-14(2)17-6-4-10-21-13-17/h3-4,6,8-10,12-14H,1,5,7,11H2,2H3,(H,22,25)/t14-/m0/s1. The van der Waals surface area contributed by atoms with Gasteiger partial charge in [-0.05, 0) is 61.2 Å². The highest BCUT2D eigenvalue weighted by atomic mass is 16.2. The minimum Gasteiger partial charge on any atom is -0.345 e. The number of nitrogens with zero attached hydrogens (tertiary/aromatic N) is 2. The summed E-state index contributed by atoms with van der Waals surface area (Å²) >= 11 is 0. The second-order valence-electron chi connectivity index (χ2n) is 6.12. The summed E-state index contributed by atoms with van der Waals surface area (Å²) in [4.78, 5) is 30.3. The number of benzene rings is 1. The molecule has 1 atom stereocenters. The summed E-state index contributed by atoms with van der Waals surface area (Å²) < 4.78 is 0. The van der Waals surface area contributed by atoms with Crippen molar-refractivity contribution in [2.24, 2.45) is 0 Å². The van der Waals surface area contributed by atoms with Crippen LogP contribution in [0.4, 0.5) is 5.69 Å². The molecule has 5 nitrogen and oxygen atoms in total. The van der Waals surface area contributed by atoms with Crippen molar-refractivity contribution >= 4 is 17.5 Å². The van der Waals surface area contributed by atoms with Gasteiger partial charge in [0.2, 0.25) is 5.91 Å². The van der Waals surface area contributed by atoms with Crippen LogP contribution in [0.5, 0.6) is 0 Å². The van der Waals surface area contributed by atoms with Crippen molar-refractivity contribution < 1.29 is 9.59 Å². The number of aromatic nitrogens is 1. The molecule has 5 heteroatoms. The number of nitrogens with one attached hydrogen (secondary N) is 1. The molecule has 1 N–H and O–H groups in total. The van der Waals surface area contributed by atoms with Crippen LogP contribution in [0.1, 0.15) is 40.9 Å². The molecule has 0 saturated carbocycles. The van der Waals surface area contributed by atoms with Crippen LogP contribution in [0.25, 0.3) is 0 Å². The Morgan fingerprint density at radius 2 is 2.20 bits per heavy atom. The van der Waals surface area contributed by atoms with Gasteiger partial charge in [0.15, 0.2) is 0 Å². The number of pyridine rings is 1. The lowest BCUT2D eigenvalue weighted by Gasteiger charge is -2.29. The third-order valence-corrected chi connectivity index (χ3v) is 4.43. The molecule has 1 aliphatic heterocycles. The highest BCUT2D eigenvalue weighted by Crippen LogP contribution is 2.28. The third-order valence-electron chi connectivity index (χ3n) is 4.43. The van der Waals surface area contributed by atoms with E-state index in [1.807, 2.05) is 31.2 Å². The van der Waals surface area contributed by atoms with Crippen molar-refractivity contribution in [3.63, 3.8) is 0 Å². The molecular formula is C20H21N3O2. The van der Waals surface area contributed by atoms with Crippen LogP contribution in [-0.4, -0.2) is 23.3 Å². The summed E-state index contributed by atoms with van der Waals surface area (Å²) in [6.45, 7) is 6.17. The molecule has 1 aliphatic rings. The number of carbonyl (C=O) groups is 2. The van der Waals surface area contributed by atoms with Gasteiger partial charge in [-0.3, -0.25) is 14.6 Å². The van der Waals surface area contributed by atoms with Crippen LogP contribution in [-0.2, 0) is 11.2 Å². The summed E-state index contributed by atoms with van der Waals surface area (Å²) in [5.41, 5.74) is 3.44. The Hall–Kier alpha value is -2.95. The first-order valence-electron chi connectivity index (χ1n) is 8.38. The van der Waals surface area contributed by atoms with Crippen molar-refractivity contribution in [2.45, 2.75) is 25.8 Å². The van der Waals surface area contributed by atoms with Gasteiger partial charge in [-0.25, -0.2) is 0 Å². The first-order chi connectivity index (χ1) is 12.1. The van der Waals surface area contributed by atoms with Crippen molar-refractivity contribution in [3.05, 3.63) is 72.1 Å². The SMILES string of the molecule is C=CC(=O)N1CCCc2cc(C(=O)N[C@@H](C)c3cccnc3)ccc21. The van der Waals surface area contributed by atoms with E-state index >= 15 is 0 Å². The van der Waals surface area contributed by atoms with Gasteiger partial charge < -0.3 is 10.2 Å². The van der Waals surface area contributed by atoms with Crippen LogP contribution >= 0.6 is 0 Å². The normalized spacial score (nSPS) is 14.4. The second-order valence-corrected chi connectivity index (χ2v) is 6.12. The Bertz CT molecular complexity index is 802. The molecule has 128 valence electrons. The third kappa shape index (κ3) is 3.60. The predicted molar refractivity (Wildman–Crippen MR) is 97.4 cm³/mol. The lowest BCUT2D eigenvalue weighted by Crippen LogP contribution is -2.34. The quantitative estimate of drug-likeness (QED) is 0.874. The zero-order valence-corrected chi connectivity index (χ0v) is 14.2. The molecule has 1 aromatic carbocycles. The number of hydrogen-bond donors (Lipinski definition) is 1. The van der Waals surface area contributed by atoms with Gasteiger partial charge in [0, 0.05) is 30.2 Å².